The van der Waals surface area contributed by atoms with Crippen molar-refractivity contribution in [1.82, 2.24) is 0 Å². The van der Waals surface area contributed by atoms with Gasteiger partial charge in [-0.3, -0.25) is 0 Å². The molecular weight excluding hydrogens is 1150 g/mol. The van der Waals surface area contributed by atoms with Crippen LogP contribution in [0, 0.1) is 128 Å². The largest absolute Gasteiger partial charge is 0.358 e. The molecule has 2 aliphatic rings. The van der Waals surface area contributed by atoms with E-state index in [0.717, 1.165) is 64.1 Å². The Kier molecular flexibility index (Phi) is 16.2. The third-order valence-electron chi connectivity index (χ3n) is 15.7. The average molecular weight is 1190 g/mol. The van der Waals surface area contributed by atoms with Gasteiger partial charge in [0, 0.05) is 11.1 Å². The summed E-state index contributed by atoms with van der Waals surface area (Å²) in [6.07, 6.45) is -10.8. The summed E-state index contributed by atoms with van der Waals surface area (Å²) in [4.78, 5) is 0. The fourth-order valence-corrected chi connectivity index (χ4v) is 12.7. The third-order valence-corrected chi connectivity index (χ3v) is 15.7. The van der Waals surface area contributed by atoms with Crippen LogP contribution in [0.25, 0.3) is 22.5 Å². The number of fused-ring (bicyclic) bond motifs is 6. The molecule has 2 nitrogen and oxygen atoms in total. The summed E-state index contributed by atoms with van der Waals surface area (Å²) < 4.78 is 325. The standard InChI is InChI=1S/C48H26B2F20N2.2C6H6/c1-15(2)23-19-11-7-5-9-17(19)21-13-22-18-10-6-8-12-20(18)24(16(3)4)50(27-33(55)41(63)47(69)42(64)34(27)56,28-35(57)43(65)48(70)44(66)36(28)58)72(22)14-71(21)49(23,25-29(51)37(59)45(67)38(60)30(25)52)26-31(53)39(61)46(68)40(62)32(26)54;2*1-2-4-6-5-3-1/h5-16,23-24H,1-4H3;2*1-6H/t23-,24+;;. The van der Waals surface area contributed by atoms with Crippen LogP contribution in [-0.4, -0.2) is 12.6 Å². The van der Waals surface area contributed by atoms with E-state index in [0.29, 0.717) is 6.07 Å². The monoisotopic (exact) mass is 1190 g/mol. The van der Waals surface area contributed by atoms with Crippen molar-refractivity contribution in [2.45, 2.75) is 39.3 Å². The lowest BCUT2D eigenvalue weighted by atomic mass is 9.17. The van der Waals surface area contributed by atoms with Crippen LogP contribution in [-0.2, 0) is 0 Å². The zero-order chi connectivity index (χ0) is 61.3. The smallest absolute Gasteiger partial charge is 0.356 e. The van der Waals surface area contributed by atoms with E-state index < -0.39 is 197 Å². The van der Waals surface area contributed by atoms with Gasteiger partial charge in [0.15, 0.2) is 81.2 Å². The van der Waals surface area contributed by atoms with E-state index in [1.807, 2.05) is 72.8 Å². The second-order valence-corrected chi connectivity index (χ2v) is 20.6. The van der Waals surface area contributed by atoms with E-state index in [9.17, 15) is 0 Å². The van der Waals surface area contributed by atoms with E-state index >= 15 is 87.8 Å². The van der Waals surface area contributed by atoms with Gasteiger partial charge in [-0.15, -0.1) is 0 Å². The molecule has 0 aliphatic carbocycles. The molecule has 0 unspecified atom stereocenters. The molecule has 434 valence electrons. The average Bonchev–Trinajstić information content (AvgIpc) is 0.700. The first-order valence-electron chi connectivity index (χ1n) is 25.4. The van der Waals surface area contributed by atoms with E-state index in [-0.39, 0.29) is 26.4 Å². The molecule has 8 aromatic carbocycles. The van der Waals surface area contributed by atoms with Crippen molar-refractivity contribution in [2.75, 3.05) is 0 Å². The minimum atomic E-state index is -5.44. The summed E-state index contributed by atoms with van der Waals surface area (Å²) in [5, 5.41) is 0. The number of nitrogens with zero attached hydrogens (tertiary/aromatic N) is 2. The number of hydrogen-bond donors (Lipinski definition) is 0. The van der Waals surface area contributed by atoms with Gasteiger partial charge in [-0.25, -0.2) is 87.8 Å². The van der Waals surface area contributed by atoms with Gasteiger partial charge in [0.05, 0.1) is 6.07 Å². The Balaban J connectivity index is 0.000000627. The molecule has 9 aromatic rings. The van der Waals surface area contributed by atoms with Crippen LogP contribution >= 0.6 is 0 Å². The number of aromatic nitrogens is 2. The molecule has 3 heterocycles. The summed E-state index contributed by atoms with van der Waals surface area (Å²) >= 11 is 0. The predicted molar refractivity (Wildman–Crippen MR) is 272 cm³/mol. The van der Waals surface area contributed by atoms with Gasteiger partial charge in [-0.2, -0.15) is 0 Å². The molecule has 1 aromatic heterocycles. The molecule has 0 N–H and O–H groups in total. The molecule has 2 atom stereocenters. The Morgan fingerprint density at radius 2 is 0.464 bits per heavy atom. The Bertz CT molecular complexity index is 3520. The van der Waals surface area contributed by atoms with Gasteiger partial charge in [0.2, 0.25) is 0 Å². The lowest BCUT2D eigenvalue weighted by Gasteiger charge is -2.51. The number of rotatable bonds is 6. The van der Waals surface area contributed by atoms with Gasteiger partial charge >= 0.3 is 18.9 Å². The highest BCUT2D eigenvalue weighted by Gasteiger charge is 2.65. The molecule has 0 amide bonds. The predicted octanol–water partition coefficient (Wildman–Crippen LogP) is 13.6. The topological polar surface area (TPSA) is 7.76 Å². The van der Waals surface area contributed by atoms with Crippen LogP contribution in [0.2, 0.25) is 0 Å². The SMILES string of the molecule is CC(C)[C@H]1c2ccccc2-c2cc3[n+](c[n+]2[B-]1(c1c(F)c(F)c(F)c(F)c1F)c1c(F)c(F)c(F)c(F)c1F)[B-](c1c(F)c(F)c(F)c(F)c1F)(c1c(F)c(F)c(F)c(F)c1F)[C@H](C(C)C)c1ccccc1-3.c1ccccc1.c1ccccc1. The van der Waals surface area contributed by atoms with Gasteiger partial charge in [0.25, 0.3) is 0 Å². The maximum Gasteiger partial charge on any atom is 0.356 e. The van der Waals surface area contributed by atoms with Gasteiger partial charge in [0.1, 0.15) is 46.5 Å². The summed E-state index contributed by atoms with van der Waals surface area (Å²) in [7, 11) is 0. The number of halogens is 20. The molecule has 11 rings (SSSR count). The quantitative estimate of drug-likeness (QED) is 0.0678. The van der Waals surface area contributed by atoms with E-state index in [2.05, 4.69) is 0 Å². The Morgan fingerprint density at radius 3 is 0.667 bits per heavy atom. The van der Waals surface area contributed by atoms with Crippen molar-refractivity contribution in [3.8, 4) is 22.5 Å². The van der Waals surface area contributed by atoms with Crippen molar-refractivity contribution >= 4 is 34.4 Å². The maximum atomic E-state index is 17.2. The lowest BCUT2D eigenvalue weighted by molar-refractivity contribution is -0.677. The van der Waals surface area contributed by atoms with Crippen LogP contribution in [0.15, 0.2) is 134 Å². The molecule has 0 spiro atoms. The first-order chi connectivity index (χ1) is 39.8. The molecule has 0 bridgehead atoms. The fraction of sp³-hybridized carbons (Fsp3) is 0.133. The second kappa shape index (κ2) is 22.6. The van der Waals surface area contributed by atoms with E-state index in [1.165, 1.54) is 12.1 Å². The summed E-state index contributed by atoms with van der Waals surface area (Å²) in [6.45, 7) is 4.32. The first-order valence-corrected chi connectivity index (χ1v) is 25.4. The second-order valence-electron chi connectivity index (χ2n) is 20.6. The van der Waals surface area contributed by atoms with Gasteiger partial charge < -0.3 is 8.96 Å². The van der Waals surface area contributed by atoms with E-state index in [4.69, 9.17) is 0 Å². The Labute approximate surface area is 464 Å². The van der Waals surface area contributed by atoms with E-state index in [1.54, 1.807) is 0 Å². The van der Waals surface area contributed by atoms with Crippen LogP contribution in [0.4, 0.5) is 87.8 Å². The van der Waals surface area contributed by atoms with Gasteiger partial charge in [-0.1, -0.05) is 193 Å². The Hall–Kier alpha value is -8.43. The lowest BCUT2D eigenvalue weighted by Crippen LogP contribution is -2.91. The summed E-state index contributed by atoms with van der Waals surface area (Å²) in [5.41, 5.74) is -12.5. The highest BCUT2D eigenvalue weighted by Crippen LogP contribution is 2.48. The highest BCUT2D eigenvalue weighted by atomic mass is 19.2. The van der Waals surface area contributed by atoms with Crippen molar-refractivity contribution in [3.63, 3.8) is 0 Å². The molecule has 84 heavy (non-hydrogen) atoms. The zero-order valence-corrected chi connectivity index (χ0v) is 43.6. The van der Waals surface area contributed by atoms with Crippen LogP contribution in [0.5, 0.6) is 0 Å². The van der Waals surface area contributed by atoms with Crippen molar-refractivity contribution in [1.29, 1.82) is 0 Å². The third kappa shape index (κ3) is 8.82. The molecule has 0 radical (unpaired) electrons. The maximum absolute atomic E-state index is 17.2. The number of benzene rings is 8. The normalized spacial score (nSPS) is 15.3. The number of hydrogen-bond acceptors (Lipinski definition) is 0. The first kappa shape index (κ1) is 60.2. The minimum absolute atomic E-state index is 0.104. The molecule has 0 saturated heterocycles. The summed E-state index contributed by atoms with van der Waals surface area (Å²) in [6, 6.07) is 33.9. The van der Waals surface area contributed by atoms with Crippen molar-refractivity contribution < 1.29 is 96.8 Å². The van der Waals surface area contributed by atoms with Crippen molar-refractivity contribution in [3.05, 3.63) is 261 Å². The van der Waals surface area contributed by atoms with Crippen LogP contribution < -0.4 is 30.8 Å². The highest BCUT2D eigenvalue weighted by molar-refractivity contribution is 6.98. The van der Waals surface area contributed by atoms with Crippen molar-refractivity contribution in [2.24, 2.45) is 11.8 Å². The fourth-order valence-electron chi connectivity index (χ4n) is 12.7. The zero-order valence-electron chi connectivity index (χ0n) is 43.6. The summed E-state index contributed by atoms with van der Waals surface area (Å²) in [5.74, 6) is -66.7. The Morgan fingerprint density at radius 1 is 0.274 bits per heavy atom. The minimum Gasteiger partial charge on any atom is -0.358 e. The molecule has 0 saturated carbocycles. The van der Waals surface area contributed by atoms with Gasteiger partial charge in [-0.05, 0) is 12.1 Å². The molecular formula is C60H38B2F20N2. The molecule has 24 heteroatoms. The van der Waals surface area contributed by atoms with Crippen LogP contribution in [0.1, 0.15) is 50.5 Å². The molecule has 2 aliphatic heterocycles. The molecule has 0 fully saturated rings. The van der Waals surface area contributed by atoms with Crippen LogP contribution in [0.3, 0.4) is 0 Å².